The van der Waals surface area contributed by atoms with Gasteiger partial charge in [0, 0.05) is 5.02 Å². The monoisotopic (exact) mass is 256 g/mol. The molecule has 1 aromatic rings. The zero-order valence-electron chi connectivity index (χ0n) is 10.1. The number of hydrogen-bond donors (Lipinski definition) is 1. The minimum atomic E-state index is -1.02. The number of halogens is 1. The SMILES string of the molecule is CC(C)CCCOc1ccc(Cl)cc1C(=O)O. The summed E-state index contributed by atoms with van der Waals surface area (Å²) in [6.45, 7) is 4.82. The molecular weight excluding hydrogens is 240 g/mol. The molecular formula is C13H17ClO3. The molecule has 0 amide bonds. The van der Waals surface area contributed by atoms with Gasteiger partial charge in [-0.2, -0.15) is 0 Å². The molecule has 94 valence electrons. The van der Waals surface area contributed by atoms with Gasteiger partial charge in [0.05, 0.1) is 6.61 Å². The summed E-state index contributed by atoms with van der Waals surface area (Å²) in [6, 6.07) is 4.63. The number of benzene rings is 1. The summed E-state index contributed by atoms with van der Waals surface area (Å²) in [7, 11) is 0. The third-order valence-electron chi connectivity index (χ3n) is 2.36. The largest absolute Gasteiger partial charge is 0.493 e. The zero-order valence-corrected chi connectivity index (χ0v) is 10.8. The van der Waals surface area contributed by atoms with Crippen molar-refractivity contribution in [3.63, 3.8) is 0 Å². The van der Waals surface area contributed by atoms with E-state index in [-0.39, 0.29) is 5.56 Å². The lowest BCUT2D eigenvalue weighted by Crippen LogP contribution is -2.05. The van der Waals surface area contributed by atoms with Crippen molar-refractivity contribution in [3.05, 3.63) is 28.8 Å². The summed E-state index contributed by atoms with van der Waals surface area (Å²) in [6.07, 6.45) is 1.98. The number of carboxylic acid groups (broad SMARTS) is 1. The van der Waals surface area contributed by atoms with Gasteiger partial charge in [0.25, 0.3) is 0 Å². The molecule has 0 aliphatic carbocycles. The fourth-order valence-corrected chi connectivity index (χ4v) is 1.64. The Labute approximate surface area is 106 Å². The fraction of sp³-hybridized carbons (Fsp3) is 0.462. The van der Waals surface area contributed by atoms with E-state index in [2.05, 4.69) is 13.8 Å². The van der Waals surface area contributed by atoms with E-state index in [1.54, 1.807) is 12.1 Å². The van der Waals surface area contributed by atoms with Gasteiger partial charge in [-0.05, 0) is 37.0 Å². The molecule has 17 heavy (non-hydrogen) atoms. The van der Waals surface area contributed by atoms with Crippen molar-refractivity contribution >= 4 is 17.6 Å². The Morgan fingerprint density at radius 1 is 1.47 bits per heavy atom. The van der Waals surface area contributed by atoms with Gasteiger partial charge < -0.3 is 9.84 Å². The second kappa shape index (κ2) is 6.50. The van der Waals surface area contributed by atoms with E-state index in [4.69, 9.17) is 21.4 Å². The Morgan fingerprint density at radius 3 is 2.76 bits per heavy atom. The van der Waals surface area contributed by atoms with Crippen molar-refractivity contribution in [1.29, 1.82) is 0 Å². The van der Waals surface area contributed by atoms with Crippen LogP contribution in [-0.2, 0) is 0 Å². The summed E-state index contributed by atoms with van der Waals surface area (Å²) in [5.74, 6) is -0.0141. The molecule has 1 aromatic carbocycles. The first kappa shape index (κ1) is 13.8. The van der Waals surface area contributed by atoms with E-state index in [0.29, 0.717) is 23.3 Å². The molecule has 0 spiro atoms. The van der Waals surface area contributed by atoms with Crippen LogP contribution in [0.4, 0.5) is 0 Å². The molecule has 0 atom stereocenters. The molecule has 3 nitrogen and oxygen atoms in total. The van der Waals surface area contributed by atoms with E-state index in [9.17, 15) is 4.79 Å². The van der Waals surface area contributed by atoms with Crippen LogP contribution >= 0.6 is 11.6 Å². The van der Waals surface area contributed by atoms with Crippen molar-refractivity contribution in [2.24, 2.45) is 5.92 Å². The predicted octanol–water partition coefficient (Wildman–Crippen LogP) is 3.85. The highest BCUT2D eigenvalue weighted by Crippen LogP contribution is 2.23. The van der Waals surface area contributed by atoms with E-state index in [1.165, 1.54) is 6.07 Å². The average molecular weight is 257 g/mol. The molecule has 0 aromatic heterocycles. The van der Waals surface area contributed by atoms with Crippen molar-refractivity contribution in [2.75, 3.05) is 6.61 Å². The lowest BCUT2D eigenvalue weighted by atomic mass is 10.1. The second-order valence-electron chi connectivity index (χ2n) is 4.33. The number of carboxylic acids is 1. The van der Waals surface area contributed by atoms with Crippen molar-refractivity contribution < 1.29 is 14.6 Å². The minimum absolute atomic E-state index is 0.113. The molecule has 0 radical (unpaired) electrons. The number of aromatic carboxylic acids is 1. The van der Waals surface area contributed by atoms with Crippen LogP contribution in [0.5, 0.6) is 5.75 Å². The van der Waals surface area contributed by atoms with E-state index in [0.717, 1.165) is 12.8 Å². The first-order chi connectivity index (χ1) is 8.00. The van der Waals surface area contributed by atoms with Crippen molar-refractivity contribution in [1.82, 2.24) is 0 Å². The molecule has 0 bridgehead atoms. The summed E-state index contributed by atoms with van der Waals surface area (Å²) < 4.78 is 5.46. The van der Waals surface area contributed by atoms with E-state index < -0.39 is 5.97 Å². The van der Waals surface area contributed by atoms with Crippen LogP contribution in [0.1, 0.15) is 37.0 Å². The highest BCUT2D eigenvalue weighted by molar-refractivity contribution is 6.31. The number of rotatable bonds is 6. The Hall–Kier alpha value is -1.22. The van der Waals surface area contributed by atoms with Gasteiger partial charge in [0.1, 0.15) is 11.3 Å². The van der Waals surface area contributed by atoms with E-state index >= 15 is 0 Å². The number of ether oxygens (including phenoxy) is 1. The molecule has 0 heterocycles. The lowest BCUT2D eigenvalue weighted by molar-refractivity contribution is 0.0692. The van der Waals surface area contributed by atoms with Gasteiger partial charge in [-0.1, -0.05) is 25.4 Å². The predicted molar refractivity (Wildman–Crippen MR) is 68.0 cm³/mol. The van der Waals surface area contributed by atoms with Gasteiger partial charge in [0.15, 0.2) is 0 Å². The third-order valence-corrected chi connectivity index (χ3v) is 2.59. The molecule has 1 rings (SSSR count). The highest BCUT2D eigenvalue weighted by Gasteiger charge is 2.11. The van der Waals surface area contributed by atoms with Crippen LogP contribution in [0.25, 0.3) is 0 Å². The molecule has 4 heteroatoms. The lowest BCUT2D eigenvalue weighted by Gasteiger charge is -2.10. The van der Waals surface area contributed by atoms with Crippen LogP contribution in [0.15, 0.2) is 18.2 Å². The third kappa shape index (κ3) is 4.65. The van der Waals surface area contributed by atoms with Gasteiger partial charge in [-0.25, -0.2) is 4.79 Å². The molecule has 0 aliphatic rings. The van der Waals surface area contributed by atoms with Crippen LogP contribution in [-0.4, -0.2) is 17.7 Å². The molecule has 0 saturated heterocycles. The molecule has 0 unspecified atom stereocenters. The summed E-state index contributed by atoms with van der Waals surface area (Å²) in [5, 5.41) is 9.40. The van der Waals surface area contributed by atoms with Crippen molar-refractivity contribution in [2.45, 2.75) is 26.7 Å². The Balaban J connectivity index is 2.61. The number of carbonyl (C=O) groups is 1. The van der Waals surface area contributed by atoms with Gasteiger partial charge >= 0.3 is 5.97 Å². The topological polar surface area (TPSA) is 46.5 Å². The highest BCUT2D eigenvalue weighted by atomic mass is 35.5. The smallest absolute Gasteiger partial charge is 0.339 e. The first-order valence-electron chi connectivity index (χ1n) is 5.66. The zero-order chi connectivity index (χ0) is 12.8. The van der Waals surface area contributed by atoms with E-state index in [1.807, 2.05) is 0 Å². The summed E-state index contributed by atoms with van der Waals surface area (Å²) in [5.41, 5.74) is 0.113. The normalized spacial score (nSPS) is 10.6. The average Bonchev–Trinajstić information content (AvgIpc) is 2.25. The Kier molecular flexibility index (Phi) is 5.29. The van der Waals surface area contributed by atoms with Gasteiger partial charge in [-0.15, -0.1) is 0 Å². The van der Waals surface area contributed by atoms with Crippen LogP contribution in [0, 0.1) is 5.92 Å². The summed E-state index contributed by atoms with van der Waals surface area (Å²) >= 11 is 5.74. The quantitative estimate of drug-likeness (QED) is 0.787. The Bertz CT molecular complexity index is 388. The molecule has 0 fully saturated rings. The fourth-order valence-electron chi connectivity index (χ4n) is 1.47. The van der Waals surface area contributed by atoms with Gasteiger partial charge in [0.2, 0.25) is 0 Å². The van der Waals surface area contributed by atoms with Crippen LogP contribution < -0.4 is 4.74 Å². The van der Waals surface area contributed by atoms with Crippen LogP contribution in [0.2, 0.25) is 5.02 Å². The standard InChI is InChI=1S/C13H17ClO3/c1-9(2)4-3-7-17-12-6-5-10(14)8-11(12)13(15)16/h5-6,8-9H,3-4,7H2,1-2H3,(H,15,16). The first-order valence-corrected chi connectivity index (χ1v) is 6.04. The van der Waals surface area contributed by atoms with Gasteiger partial charge in [-0.3, -0.25) is 0 Å². The maximum absolute atomic E-state index is 11.0. The molecule has 0 aliphatic heterocycles. The maximum atomic E-state index is 11.0. The maximum Gasteiger partial charge on any atom is 0.339 e. The summed E-state index contributed by atoms with van der Waals surface area (Å²) in [4.78, 5) is 11.0. The Morgan fingerprint density at radius 2 is 2.18 bits per heavy atom. The van der Waals surface area contributed by atoms with Crippen LogP contribution in [0.3, 0.4) is 0 Å². The molecule has 0 saturated carbocycles. The molecule has 1 N–H and O–H groups in total. The number of hydrogen-bond acceptors (Lipinski definition) is 2. The van der Waals surface area contributed by atoms with Crippen molar-refractivity contribution in [3.8, 4) is 5.75 Å². The minimum Gasteiger partial charge on any atom is -0.493 e. The second-order valence-corrected chi connectivity index (χ2v) is 4.77.